The molecule has 1 heterocycles. The largest absolute Gasteiger partial charge is 0.346 e. The van der Waals surface area contributed by atoms with Gasteiger partial charge in [-0.15, -0.1) is 0 Å². The summed E-state index contributed by atoms with van der Waals surface area (Å²) >= 11 is 5.42. The number of aromatic nitrogens is 1. The molecule has 1 aromatic heterocycles. The van der Waals surface area contributed by atoms with Gasteiger partial charge in [0.1, 0.15) is 4.64 Å². The molecule has 2 heteroatoms. The second kappa shape index (κ2) is 9.91. The standard InChI is InChI=1S/C16H13NS.2C2H6/c18-16-14(10-12-6-2-1-3-7-12)11-13-8-4-5-9-15(13)17-16;2*1-2/h1-9,11H,10H2,(H,17,18);2*1-2H3. The van der Waals surface area contributed by atoms with E-state index in [1.807, 2.05) is 45.9 Å². The summed E-state index contributed by atoms with van der Waals surface area (Å²) in [6.45, 7) is 8.00. The van der Waals surface area contributed by atoms with Crippen molar-refractivity contribution in [2.45, 2.75) is 34.1 Å². The molecule has 0 atom stereocenters. The SMILES string of the molecule is CC.CC.S=c1[nH]c2ccccc2cc1Cc1ccccc1. The van der Waals surface area contributed by atoms with Gasteiger partial charge in [-0.3, -0.25) is 0 Å². The summed E-state index contributed by atoms with van der Waals surface area (Å²) in [7, 11) is 0. The summed E-state index contributed by atoms with van der Waals surface area (Å²) in [5.74, 6) is 0. The average Bonchev–Trinajstić information content (AvgIpc) is 2.60. The predicted molar refractivity (Wildman–Crippen MR) is 101 cm³/mol. The lowest BCUT2D eigenvalue weighted by Crippen LogP contribution is -1.92. The predicted octanol–water partition coefficient (Wildman–Crippen LogP) is 6.54. The lowest BCUT2D eigenvalue weighted by Gasteiger charge is -2.05. The highest BCUT2D eigenvalue weighted by atomic mass is 32.1. The van der Waals surface area contributed by atoms with E-state index in [1.54, 1.807) is 0 Å². The average molecular weight is 311 g/mol. The van der Waals surface area contributed by atoms with E-state index >= 15 is 0 Å². The van der Waals surface area contributed by atoms with E-state index in [4.69, 9.17) is 12.2 Å². The van der Waals surface area contributed by atoms with Crippen molar-refractivity contribution in [2.24, 2.45) is 0 Å². The molecule has 0 aliphatic carbocycles. The Morgan fingerprint density at radius 2 is 1.41 bits per heavy atom. The zero-order chi connectivity index (χ0) is 16.4. The van der Waals surface area contributed by atoms with Crippen molar-refractivity contribution in [1.82, 2.24) is 4.98 Å². The Morgan fingerprint density at radius 1 is 0.818 bits per heavy atom. The maximum Gasteiger partial charge on any atom is 0.107 e. The minimum absolute atomic E-state index is 0.831. The van der Waals surface area contributed by atoms with Gasteiger partial charge in [0.25, 0.3) is 0 Å². The van der Waals surface area contributed by atoms with Crippen LogP contribution in [0, 0.1) is 4.64 Å². The van der Waals surface area contributed by atoms with Crippen molar-refractivity contribution in [2.75, 3.05) is 0 Å². The molecule has 116 valence electrons. The molecule has 0 amide bonds. The van der Waals surface area contributed by atoms with E-state index < -0.39 is 0 Å². The molecule has 0 saturated carbocycles. The Balaban J connectivity index is 0.000000561. The van der Waals surface area contributed by atoms with Crippen molar-refractivity contribution in [1.29, 1.82) is 0 Å². The van der Waals surface area contributed by atoms with Gasteiger partial charge in [0, 0.05) is 11.9 Å². The first kappa shape index (κ1) is 18.1. The number of hydrogen-bond donors (Lipinski definition) is 1. The molecule has 3 aromatic rings. The monoisotopic (exact) mass is 311 g/mol. The minimum Gasteiger partial charge on any atom is -0.346 e. The molecule has 0 fully saturated rings. The Bertz CT molecular complexity index is 729. The molecule has 2 aromatic carbocycles. The second-order valence-electron chi connectivity index (χ2n) is 4.37. The number of fused-ring (bicyclic) bond motifs is 1. The molecule has 1 nitrogen and oxygen atoms in total. The minimum atomic E-state index is 0.831. The van der Waals surface area contributed by atoms with Crippen LogP contribution in [0.25, 0.3) is 10.9 Å². The maximum atomic E-state index is 5.42. The van der Waals surface area contributed by atoms with Crippen LogP contribution in [0.3, 0.4) is 0 Å². The van der Waals surface area contributed by atoms with E-state index in [9.17, 15) is 0 Å². The summed E-state index contributed by atoms with van der Waals surface area (Å²) in [6, 6.07) is 20.8. The number of H-pyrrole nitrogens is 1. The molecule has 1 N–H and O–H groups in total. The molecule has 0 bridgehead atoms. The van der Waals surface area contributed by atoms with Crippen LogP contribution in [-0.4, -0.2) is 4.98 Å². The van der Waals surface area contributed by atoms with Crippen LogP contribution in [0.5, 0.6) is 0 Å². The quantitative estimate of drug-likeness (QED) is 0.531. The van der Waals surface area contributed by atoms with E-state index in [0.717, 1.165) is 16.6 Å². The van der Waals surface area contributed by atoms with Crippen LogP contribution in [0.15, 0.2) is 60.7 Å². The molecule has 3 rings (SSSR count). The first-order valence-electron chi connectivity index (χ1n) is 7.98. The van der Waals surface area contributed by atoms with Gasteiger partial charge in [-0.25, -0.2) is 0 Å². The van der Waals surface area contributed by atoms with Gasteiger partial charge in [0.05, 0.1) is 0 Å². The third-order valence-corrected chi connectivity index (χ3v) is 3.43. The van der Waals surface area contributed by atoms with Crippen LogP contribution in [0.2, 0.25) is 0 Å². The molecular formula is C20H25NS. The van der Waals surface area contributed by atoms with Gasteiger partial charge < -0.3 is 4.98 Å². The van der Waals surface area contributed by atoms with Crippen LogP contribution >= 0.6 is 12.2 Å². The van der Waals surface area contributed by atoms with Crippen molar-refractivity contribution in [3.63, 3.8) is 0 Å². The summed E-state index contributed by atoms with van der Waals surface area (Å²) < 4.78 is 0.831. The number of nitrogens with one attached hydrogen (secondary N) is 1. The summed E-state index contributed by atoms with van der Waals surface area (Å²) in [5, 5.41) is 1.21. The van der Waals surface area contributed by atoms with E-state index in [-0.39, 0.29) is 0 Å². The van der Waals surface area contributed by atoms with Crippen molar-refractivity contribution >= 4 is 23.1 Å². The van der Waals surface area contributed by atoms with Gasteiger partial charge in [-0.1, -0.05) is 88.4 Å². The molecule has 0 aliphatic heterocycles. The molecule has 0 unspecified atom stereocenters. The van der Waals surface area contributed by atoms with Crippen LogP contribution < -0.4 is 0 Å². The summed E-state index contributed by atoms with van der Waals surface area (Å²) in [5.41, 5.74) is 3.56. The van der Waals surface area contributed by atoms with Crippen LogP contribution in [0.4, 0.5) is 0 Å². The van der Waals surface area contributed by atoms with Crippen molar-refractivity contribution < 1.29 is 0 Å². The first-order valence-corrected chi connectivity index (χ1v) is 8.38. The third kappa shape index (κ3) is 4.81. The Kier molecular flexibility index (Phi) is 8.16. The fourth-order valence-electron chi connectivity index (χ4n) is 2.14. The third-order valence-electron chi connectivity index (χ3n) is 3.07. The number of pyridine rings is 1. The smallest absolute Gasteiger partial charge is 0.107 e. The highest BCUT2D eigenvalue weighted by molar-refractivity contribution is 7.71. The number of rotatable bonds is 2. The highest BCUT2D eigenvalue weighted by Gasteiger charge is 2.01. The Labute approximate surface area is 139 Å². The Morgan fingerprint density at radius 3 is 2.09 bits per heavy atom. The fraction of sp³-hybridized carbons (Fsp3) is 0.250. The molecule has 22 heavy (non-hydrogen) atoms. The summed E-state index contributed by atoms with van der Waals surface area (Å²) in [4.78, 5) is 3.29. The molecule has 0 radical (unpaired) electrons. The van der Waals surface area contributed by atoms with Gasteiger partial charge in [-0.05, 0) is 28.6 Å². The molecule has 0 aliphatic rings. The van der Waals surface area contributed by atoms with Crippen molar-refractivity contribution in [3.8, 4) is 0 Å². The van der Waals surface area contributed by atoms with E-state index in [2.05, 4.69) is 47.4 Å². The lowest BCUT2D eigenvalue weighted by molar-refractivity contribution is 1.15. The van der Waals surface area contributed by atoms with E-state index in [1.165, 1.54) is 16.5 Å². The number of hydrogen-bond acceptors (Lipinski definition) is 1. The number of benzene rings is 2. The van der Waals surface area contributed by atoms with Crippen LogP contribution in [-0.2, 0) is 6.42 Å². The van der Waals surface area contributed by atoms with E-state index in [0.29, 0.717) is 0 Å². The second-order valence-corrected chi connectivity index (χ2v) is 4.78. The Hall–Kier alpha value is -1.93. The molecule has 0 spiro atoms. The number of para-hydroxylation sites is 1. The first-order chi connectivity index (χ1) is 10.8. The number of aromatic amines is 1. The maximum absolute atomic E-state index is 5.42. The fourth-order valence-corrected chi connectivity index (χ4v) is 2.38. The zero-order valence-corrected chi connectivity index (χ0v) is 14.7. The van der Waals surface area contributed by atoms with Gasteiger partial charge in [-0.2, -0.15) is 0 Å². The van der Waals surface area contributed by atoms with Crippen LogP contribution in [0.1, 0.15) is 38.8 Å². The zero-order valence-electron chi connectivity index (χ0n) is 13.9. The van der Waals surface area contributed by atoms with Gasteiger partial charge in [0.2, 0.25) is 0 Å². The van der Waals surface area contributed by atoms with Gasteiger partial charge >= 0.3 is 0 Å². The normalized spacial score (nSPS) is 9.27. The topological polar surface area (TPSA) is 15.8 Å². The molecule has 0 saturated heterocycles. The molecular weight excluding hydrogens is 286 g/mol. The lowest BCUT2D eigenvalue weighted by atomic mass is 10.1. The summed E-state index contributed by atoms with van der Waals surface area (Å²) in [6.07, 6.45) is 0.876. The highest BCUT2D eigenvalue weighted by Crippen LogP contribution is 2.17. The van der Waals surface area contributed by atoms with Gasteiger partial charge in [0.15, 0.2) is 0 Å². The van der Waals surface area contributed by atoms with Crippen molar-refractivity contribution in [3.05, 3.63) is 76.4 Å².